The van der Waals surface area contributed by atoms with Crippen LogP contribution in [0, 0.1) is 5.92 Å². The number of methoxy groups -OCH3 is 1. The van der Waals surface area contributed by atoms with Crippen molar-refractivity contribution in [2.45, 2.75) is 32.1 Å². The van der Waals surface area contributed by atoms with Gasteiger partial charge >= 0.3 is 10.3 Å². The molecule has 24 heavy (non-hydrogen) atoms. The molecule has 3 rings (SSSR count). The number of rotatable bonds is 5. The number of Topliss-reactive ketones (excluding diaryl/α,β-unsaturated/α-hetero) is 1. The molecule has 0 aliphatic heterocycles. The molecule has 6 nitrogen and oxygen atoms in total. The van der Waals surface area contributed by atoms with E-state index in [0.717, 1.165) is 41.3 Å². The van der Waals surface area contributed by atoms with E-state index in [-0.39, 0.29) is 11.7 Å². The maximum absolute atomic E-state index is 12.2. The van der Waals surface area contributed by atoms with Gasteiger partial charge in [0.1, 0.15) is 11.5 Å². The van der Waals surface area contributed by atoms with Crippen LogP contribution in [-0.4, -0.2) is 32.4 Å². The summed E-state index contributed by atoms with van der Waals surface area (Å²) in [5.74, 6) is 0.861. The molecule has 1 fully saturated rings. The van der Waals surface area contributed by atoms with Gasteiger partial charge in [0, 0.05) is 23.9 Å². The minimum Gasteiger partial charge on any atom is -0.497 e. The van der Waals surface area contributed by atoms with Crippen LogP contribution in [0.5, 0.6) is 5.75 Å². The first kappa shape index (κ1) is 17.0. The number of benzene rings is 1. The number of hydrogen-bond acceptors (Lipinski definition) is 5. The molecule has 1 aliphatic rings. The molecule has 0 saturated heterocycles. The molecule has 0 radical (unpaired) electrons. The van der Waals surface area contributed by atoms with Gasteiger partial charge in [0.2, 0.25) is 0 Å². The fourth-order valence-electron chi connectivity index (χ4n) is 3.34. The van der Waals surface area contributed by atoms with Crippen LogP contribution in [0.1, 0.15) is 31.2 Å². The Hall–Kier alpha value is -1.86. The van der Waals surface area contributed by atoms with Gasteiger partial charge in [0.15, 0.2) is 0 Å². The summed E-state index contributed by atoms with van der Waals surface area (Å²) >= 11 is 0. The molecule has 1 aromatic carbocycles. The van der Waals surface area contributed by atoms with E-state index in [1.807, 2.05) is 0 Å². The van der Waals surface area contributed by atoms with Crippen molar-refractivity contribution < 1.29 is 22.1 Å². The smallest absolute Gasteiger partial charge is 0.366 e. The number of ketones is 1. The lowest BCUT2D eigenvalue weighted by Crippen LogP contribution is -2.21. The summed E-state index contributed by atoms with van der Waals surface area (Å²) in [5, 5.41) is 0.772. The molecule has 1 aromatic heterocycles. The number of carbonyl (C=O) groups is 1. The number of nitrogens with zero attached hydrogens (tertiary/aromatic N) is 1. The molecule has 1 heterocycles. The Kier molecular flexibility index (Phi) is 4.64. The summed E-state index contributed by atoms with van der Waals surface area (Å²) in [6.45, 7) is 0. The number of aromatic nitrogens is 1. The zero-order chi connectivity index (χ0) is 17.3. The lowest BCUT2D eigenvalue weighted by atomic mass is 9.84. The molecular formula is C17H21NO5S. The monoisotopic (exact) mass is 351 g/mol. The van der Waals surface area contributed by atoms with Gasteiger partial charge in [-0.25, -0.2) is 3.97 Å². The zero-order valence-electron chi connectivity index (χ0n) is 13.8. The zero-order valence-corrected chi connectivity index (χ0v) is 14.6. The molecule has 1 aliphatic carbocycles. The summed E-state index contributed by atoms with van der Waals surface area (Å²) in [4.78, 5) is 12.1. The van der Waals surface area contributed by atoms with E-state index in [1.54, 1.807) is 31.5 Å². The number of fused-ring (bicyclic) bond motifs is 1. The Balaban J connectivity index is 2.10. The van der Waals surface area contributed by atoms with Crippen molar-refractivity contribution >= 4 is 27.0 Å². The molecular weight excluding hydrogens is 330 g/mol. The Labute approximate surface area is 141 Å². The van der Waals surface area contributed by atoms with Crippen molar-refractivity contribution in [1.29, 1.82) is 0 Å². The highest BCUT2D eigenvalue weighted by molar-refractivity contribution is 7.85. The maximum Gasteiger partial charge on any atom is 0.366 e. The summed E-state index contributed by atoms with van der Waals surface area (Å²) in [5.41, 5.74) is 1.35. The maximum atomic E-state index is 12.2. The summed E-state index contributed by atoms with van der Waals surface area (Å²) in [6.07, 6.45) is 5.55. The first-order valence-corrected chi connectivity index (χ1v) is 9.34. The van der Waals surface area contributed by atoms with Crippen LogP contribution >= 0.6 is 0 Å². The molecule has 130 valence electrons. The van der Waals surface area contributed by atoms with Gasteiger partial charge in [-0.15, -0.1) is 0 Å². The van der Waals surface area contributed by atoms with Crippen molar-refractivity contribution in [2.75, 3.05) is 14.2 Å². The third-order valence-corrected chi connectivity index (χ3v) is 5.86. The molecule has 2 aromatic rings. The molecule has 1 atom stereocenters. The lowest BCUT2D eigenvalue weighted by molar-refractivity contribution is -0.124. The second-order valence-corrected chi connectivity index (χ2v) is 7.65. The molecule has 0 N–H and O–H groups in total. The van der Waals surface area contributed by atoms with E-state index in [4.69, 9.17) is 4.74 Å². The summed E-state index contributed by atoms with van der Waals surface area (Å²) in [6, 6.07) is 5.20. The van der Waals surface area contributed by atoms with E-state index >= 15 is 0 Å². The van der Waals surface area contributed by atoms with Gasteiger partial charge < -0.3 is 4.74 Å². The molecule has 7 heteroatoms. The van der Waals surface area contributed by atoms with Crippen LogP contribution in [0.15, 0.2) is 24.4 Å². The number of carbonyl (C=O) groups excluding carboxylic acids is 1. The molecule has 0 bridgehead atoms. The second kappa shape index (κ2) is 6.57. The summed E-state index contributed by atoms with van der Waals surface area (Å²) in [7, 11) is -1.19. The third kappa shape index (κ3) is 3.06. The highest BCUT2D eigenvalue weighted by Crippen LogP contribution is 2.32. The predicted octanol–water partition coefficient (Wildman–Crippen LogP) is 2.69. The Morgan fingerprint density at radius 3 is 2.71 bits per heavy atom. The highest BCUT2D eigenvalue weighted by Gasteiger charge is 2.26. The standard InChI is InChI=1S/C17H21NO5S/c1-22-14-7-8-16-15(10-14)13(11-18(16)24(20,21)23-2)9-12-5-3-4-6-17(12)19/h7-8,10-12H,3-6,9H2,1-2H3. The third-order valence-electron chi connectivity index (χ3n) is 4.66. The molecule has 1 saturated carbocycles. The SMILES string of the molecule is COc1ccc2c(c1)c(CC1CCCCC1=O)cn2S(=O)(=O)OC. The largest absolute Gasteiger partial charge is 0.497 e. The predicted molar refractivity (Wildman–Crippen MR) is 90.5 cm³/mol. The minimum atomic E-state index is -3.89. The van der Waals surface area contributed by atoms with Gasteiger partial charge in [-0.3, -0.25) is 8.98 Å². The van der Waals surface area contributed by atoms with Crippen LogP contribution in [0.25, 0.3) is 10.9 Å². The fraction of sp³-hybridized carbons (Fsp3) is 0.471. The van der Waals surface area contributed by atoms with E-state index < -0.39 is 10.3 Å². The van der Waals surface area contributed by atoms with Gasteiger partial charge in [-0.1, -0.05) is 6.42 Å². The van der Waals surface area contributed by atoms with Crippen LogP contribution in [0.4, 0.5) is 0 Å². The van der Waals surface area contributed by atoms with Crippen molar-refractivity contribution in [3.8, 4) is 5.75 Å². The van der Waals surface area contributed by atoms with E-state index in [1.165, 1.54) is 0 Å². The van der Waals surface area contributed by atoms with E-state index in [2.05, 4.69) is 4.18 Å². The van der Waals surface area contributed by atoms with Gasteiger partial charge in [0.05, 0.1) is 19.7 Å². The van der Waals surface area contributed by atoms with Crippen molar-refractivity contribution in [3.05, 3.63) is 30.0 Å². The Morgan fingerprint density at radius 1 is 1.25 bits per heavy atom. The number of hydrogen-bond donors (Lipinski definition) is 0. The summed E-state index contributed by atoms with van der Waals surface area (Å²) < 4.78 is 35.4. The van der Waals surface area contributed by atoms with Gasteiger partial charge in [-0.2, -0.15) is 8.42 Å². The van der Waals surface area contributed by atoms with Crippen molar-refractivity contribution in [3.63, 3.8) is 0 Å². The van der Waals surface area contributed by atoms with Crippen LogP contribution < -0.4 is 4.74 Å². The molecule has 0 amide bonds. The average molecular weight is 351 g/mol. The molecule has 1 unspecified atom stereocenters. The minimum absolute atomic E-state index is 0.0470. The van der Waals surface area contributed by atoms with Gasteiger partial charge in [-0.05, 0) is 43.0 Å². The van der Waals surface area contributed by atoms with Crippen LogP contribution in [0.3, 0.4) is 0 Å². The van der Waals surface area contributed by atoms with Crippen LogP contribution in [-0.2, 0) is 25.7 Å². The Bertz CT molecular complexity index is 868. The second-order valence-electron chi connectivity index (χ2n) is 6.07. The van der Waals surface area contributed by atoms with E-state index in [0.29, 0.717) is 24.1 Å². The Morgan fingerprint density at radius 2 is 2.04 bits per heavy atom. The fourth-order valence-corrected chi connectivity index (χ4v) is 4.15. The van der Waals surface area contributed by atoms with Gasteiger partial charge in [0.25, 0.3) is 0 Å². The van der Waals surface area contributed by atoms with E-state index in [9.17, 15) is 13.2 Å². The van der Waals surface area contributed by atoms with Crippen molar-refractivity contribution in [1.82, 2.24) is 3.97 Å². The first-order valence-electron chi connectivity index (χ1n) is 7.98. The quantitative estimate of drug-likeness (QED) is 0.828. The topological polar surface area (TPSA) is 74.6 Å². The lowest BCUT2D eigenvalue weighted by Gasteiger charge is -2.19. The van der Waals surface area contributed by atoms with Crippen molar-refractivity contribution in [2.24, 2.45) is 5.92 Å². The first-order chi connectivity index (χ1) is 11.5. The number of ether oxygens (including phenoxy) is 1. The average Bonchev–Trinajstić information content (AvgIpc) is 2.95. The normalized spacial score (nSPS) is 18.9. The van der Waals surface area contributed by atoms with Crippen LogP contribution in [0.2, 0.25) is 0 Å². The molecule has 0 spiro atoms. The highest BCUT2D eigenvalue weighted by atomic mass is 32.2.